The maximum absolute atomic E-state index is 12.2. The number of benzene rings is 1. The van der Waals surface area contributed by atoms with Crippen molar-refractivity contribution in [1.82, 2.24) is 4.72 Å². The molecule has 4 nitrogen and oxygen atoms in total. The van der Waals surface area contributed by atoms with Crippen LogP contribution >= 0.6 is 27.3 Å². The lowest BCUT2D eigenvalue weighted by molar-refractivity contribution is 0.0666. The molecule has 0 unspecified atom stereocenters. The van der Waals surface area contributed by atoms with Gasteiger partial charge < -0.3 is 5.11 Å². The van der Waals surface area contributed by atoms with Gasteiger partial charge in [0, 0.05) is 15.9 Å². The van der Waals surface area contributed by atoms with E-state index in [2.05, 4.69) is 20.7 Å². The number of thiophene rings is 1. The van der Waals surface area contributed by atoms with Gasteiger partial charge >= 0.3 is 0 Å². The number of rotatable bonds is 5. The molecule has 0 saturated carbocycles. The first-order valence-electron chi connectivity index (χ1n) is 5.83. The minimum atomic E-state index is -3.67. The van der Waals surface area contributed by atoms with E-state index in [1.54, 1.807) is 31.2 Å². The number of hydrogen-bond acceptors (Lipinski definition) is 4. The lowest BCUT2D eigenvalue weighted by Gasteiger charge is -2.22. The van der Waals surface area contributed by atoms with E-state index in [0.717, 1.165) is 0 Å². The lowest BCUT2D eigenvalue weighted by Crippen LogP contribution is -2.38. The van der Waals surface area contributed by atoms with Crippen LogP contribution in [0.25, 0.3) is 0 Å². The van der Waals surface area contributed by atoms with Crippen molar-refractivity contribution in [3.05, 3.63) is 51.1 Å². The van der Waals surface area contributed by atoms with Gasteiger partial charge in [-0.3, -0.25) is 0 Å². The SMILES string of the molecule is C[C@@](O)(CNS(=O)(=O)c1ccccc1Br)c1cccs1. The Morgan fingerprint density at radius 3 is 2.60 bits per heavy atom. The zero-order chi connectivity index (χ0) is 14.8. The van der Waals surface area contributed by atoms with Crippen molar-refractivity contribution in [3.8, 4) is 0 Å². The molecule has 2 rings (SSSR count). The second-order valence-electron chi connectivity index (χ2n) is 4.51. The van der Waals surface area contributed by atoms with Crippen molar-refractivity contribution in [1.29, 1.82) is 0 Å². The maximum atomic E-state index is 12.2. The third-order valence-electron chi connectivity index (χ3n) is 2.78. The average Bonchev–Trinajstić information content (AvgIpc) is 2.92. The quantitative estimate of drug-likeness (QED) is 0.843. The number of sulfonamides is 1. The number of aliphatic hydroxyl groups is 1. The van der Waals surface area contributed by atoms with Gasteiger partial charge in [0.25, 0.3) is 0 Å². The van der Waals surface area contributed by atoms with Gasteiger partial charge in [-0.1, -0.05) is 18.2 Å². The summed E-state index contributed by atoms with van der Waals surface area (Å²) in [5.41, 5.74) is -1.23. The maximum Gasteiger partial charge on any atom is 0.241 e. The van der Waals surface area contributed by atoms with Crippen LogP contribution in [0.5, 0.6) is 0 Å². The number of halogens is 1. The molecule has 0 aliphatic carbocycles. The van der Waals surface area contributed by atoms with Crippen LogP contribution in [0, 0.1) is 0 Å². The van der Waals surface area contributed by atoms with E-state index in [1.165, 1.54) is 17.4 Å². The molecule has 0 aliphatic heterocycles. The summed E-state index contributed by atoms with van der Waals surface area (Å²) in [5, 5.41) is 12.2. The Bertz CT molecular complexity index is 681. The molecule has 1 aromatic heterocycles. The van der Waals surface area contributed by atoms with Gasteiger partial charge in [-0.05, 0) is 46.4 Å². The first kappa shape index (κ1) is 15.7. The summed E-state index contributed by atoms with van der Waals surface area (Å²) in [6.45, 7) is 1.50. The fraction of sp³-hybridized carbons (Fsp3) is 0.231. The molecule has 0 radical (unpaired) electrons. The summed E-state index contributed by atoms with van der Waals surface area (Å²) in [4.78, 5) is 0.870. The molecule has 1 aromatic carbocycles. The average molecular weight is 376 g/mol. The van der Waals surface area contributed by atoms with Gasteiger partial charge in [0.05, 0.1) is 4.90 Å². The molecule has 0 bridgehead atoms. The second kappa shape index (κ2) is 5.95. The molecule has 0 spiro atoms. The van der Waals surface area contributed by atoms with Crippen LogP contribution in [0.15, 0.2) is 51.1 Å². The van der Waals surface area contributed by atoms with E-state index in [-0.39, 0.29) is 11.4 Å². The summed E-state index contributed by atoms with van der Waals surface area (Å²) in [6.07, 6.45) is 0. The fourth-order valence-electron chi connectivity index (χ4n) is 1.65. The van der Waals surface area contributed by atoms with Gasteiger partial charge in [0.15, 0.2) is 0 Å². The molecule has 0 aliphatic rings. The Hall–Kier alpha value is -0.730. The molecule has 7 heteroatoms. The molecule has 0 fully saturated rings. The Morgan fingerprint density at radius 1 is 1.30 bits per heavy atom. The van der Waals surface area contributed by atoms with Crippen molar-refractivity contribution < 1.29 is 13.5 Å². The minimum absolute atomic E-state index is 0.0861. The predicted molar refractivity (Wildman–Crippen MR) is 83.2 cm³/mol. The fourth-order valence-corrected chi connectivity index (χ4v) is 4.57. The van der Waals surface area contributed by atoms with Gasteiger partial charge in [-0.25, -0.2) is 13.1 Å². The first-order valence-corrected chi connectivity index (χ1v) is 8.99. The predicted octanol–water partition coefficient (Wildman–Crippen LogP) is 2.70. The summed E-state index contributed by atoms with van der Waals surface area (Å²) < 4.78 is 27.4. The van der Waals surface area contributed by atoms with Crippen molar-refractivity contribution >= 4 is 37.3 Å². The van der Waals surface area contributed by atoms with Crippen LogP contribution in [-0.4, -0.2) is 20.1 Å². The van der Waals surface area contributed by atoms with Crippen molar-refractivity contribution in [2.24, 2.45) is 0 Å². The van der Waals surface area contributed by atoms with Crippen LogP contribution in [0.3, 0.4) is 0 Å². The molecule has 20 heavy (non-hydrogen) atoms. The summed E-state index contributed by atoms with van der Waals surface area (Å²) in [5.74, 6) is 0. The highest BCUT2D eigenvalue weighted by molar-refractivity contribution is 9.10. The van der Waals surface area contributed by atoms with E-state index in [4.69, 9.17) is 0 Å². The van der Waals surface area contributed by atoms with Crippen molar-refractivity contribution in [3.63, 3.8) is 0 Å². The van der Waals surface area contributed by atoms with Crippen LogP contribution in [0.1, 0.15) is 11.8 Å². The Labute approximate surface area is 130 Å². The van der Waals surface area contributed by atoms with E-state index in [1.807, 2.05) is 11.4 Å². The van der Waals surface area contributed by atoms with Crippen molar-refractivity contribution in [2.45, 2.75) is 17.4 Å². The Morgan fingerprint density at radius 2 is 2.00 bits per heavy atom. The highest BCUT2D eigenvalue weighted by Crippen LogP contribution is 2.26. The Balaban J connectivity index is 2.17. The van der Waals surface area contributed by atoms with E-state index >= 15 is 0 Å². The molecule has 108 valence electrons. The molecule has 0 amide bonds. The molecule has 0 saturated heterocycles. The standard InChI is InChI=1S/C13H14BrNO3S2/c1-13(16,12-7-4-8-19-12)9-15-20(17,18)11-6-3-2-5-10(11)14/h2-8,15-16H,9H2,1H3/t13-/m1/s1. The number of nitrogens with one attached hydrogen (secondary N) is 1. The van der Waals surface area contributed by atoms with Gasteiger partial charge in [0.2, 0.25) is 10.0 Å². The zero-order valence-electron chi connectivity index (χ0n) is 10.7. The van der Waals surface area contributed by atoms with Crippen LogP contribution in [0.2, 0.25) is 0 Å². The summed E-state index contributed by atoms with van der Waals surface area (Å²) in [6, 6.07) is 10.1. The molecular weight excluding hydrogens is 362 g/mol. The third-order valence-corrected chi connectivity index (χ3v) is 6.32. The highest BCUT2D eigenvalue weighted by Gasteiger charge is 2.27. The minimum Gasteiger partial charge on any atom is -0.383 e. The van der Waals surface area contributed by atoms with E-state index in [0.29, 0.717) is 9.35 Å². The van der Waals surface area contributed by atoms with Gasteiger partial charge in [0.1, 0.15) is 5.60 Å². The monoisotopic (exact) mass is 375 g/mol. The van der Waals surface area contributed by atoms with Crippen LogP contribution < -0.4 is 4.72 Å². The van der Waals surface area contributed by atoms with Crippen LogP contribution in [0.4, 0.5) is 0 Å². The summed E-state index contributed by atoms with van der Waals surface area (Å²) >= 11 is 4.60. The highest BCUT2D eigenvalue weighted by atomic mass is 79.9. The lowest BCUT2D eigenvalue weighted by atomic mass is 10.1. The molecule has 1 atom stereocenters. The zero-order valence-corrected chi connectivity index (χ0v) is 13.9. The van der Waals surface area contributed by atoms with E-state index < -0.39 is 15.6 Å². The van der Waals surface area contributed by atoms with Crippen LogP contribution in [-0.2, 0) is 15.6 Å². The first-order chi connectivity index (χ1) is 9.33. The second-order valence-corrected chi connectivity index (χ2v) is 8.04. The van der Waals surface area contributed by atoms with Gasteiger partial charge in [-0.2, -0.15) is 0 Å². The largest absolute Gasteiger partial charge is 0.383 e. The smallest absolute Gasteiger partial charge is 0.241 e. The topological polar surface area (TPSA) is 66.4 Å². The molecule has 2 N–H and O–H groups in total. The summed E-state index contributed by atoms with van der Waals surface area (Å²) in [7, 11) is -3.67. The Kier molecular flexibility index (Phi) is 4.66. The molecular formula is C13H14BrNO3S2. The van der Waals surface area contributed by atoms with E-state index in [9.17, 15) is 13.5 Å². The third kappa shape index (κ3) is 3.48. The normalized spacial score (nSPS) is 14.9. The van der Waals surface area contributed by atoms with Gasteiger partial charge in [-0.15, -0.1) is 11.3 Å². The number of hydrogen-bond donors (Lipinski definition) is 2. The van der Waals surface area contributed by atoms with Crippen molar-refractivity contribution in [2.75, 3.05) is 6.54 Å². The molecule has 2 aromatic rings. The molecule has 1 heterocycles.